The van der Waals surface area contributed by atoms with E-state index in [1.807, 2.05) is 0 Å². The number of aliphatic hydroxyl groups excluding tert-OH is 1. The third-order valence-electron chi connectivity index (χ3n) is 2.52. The van der Waals surface area contributed by atoms with Crippen LogP contribution >= 0.6 is 0 Å². The van der Waals surface area contributed by atoms with E-state index in [0.29, 0.717) is 13.0 Å². The molecular weight excluding hydrogens is 208 g/mol. The molecule has 1 saturated heterocycles. The number of aliphatic hydroxyl groups is 2. The lowest BCUT2D eigenvalue weighted by molar-refractivity contribution is -0.0891. The number of rotatable bonds is 4. The Morgan fingerprint density at radius 3 is 2.80 bits per heavy atom. The van der Waals surface area contributed by atoms with E-state index < -0.39 is 18.1 Å². The Bertz CT molecular complexity index is 202. The van der Waals surface area contributed by atoms with E-state index >= 15 is 0 Å². The summed E-state index contributed by atoms with van der Waals surface area (Å²) in [7, 11) is 0. The Morgan fingerprint density at radius 2 is 2.27 bits per heavy atom. The van der Waals surface area contributed by atoms with Gasteiger partial charge in [0, 0.05) is 19.2 Å². The molecule has 6 heteroatoms. The summed E-state index contributed by atoms with van der Waals surface area (Å²) in [6.07, 6.45) is -2.95. The van der Waals surface area contributed by atoms with Crippen LogP contribution in [0, 0.1) is 0 Å². The summed E-state index contributed by atoms with van der Waals surface area (Å²) < 4.78 is 29.6. The van der Waals surface area contributed by atoms with Gasteiger partial charge in [-0.2, -0.15) is 0 Å². The summed E-state index contributed by atoms with van der Waals surface area (Å²) >= 11 is 0. The minimum absolute atomic E-state index is 0.203. The molecule has 15 heavy (non-hydrogen) atoms. The minimum Gasteiger partial charge on any atom is -0.389 e. The highest BCUT2D eigenvalue weighted by Crippen LogP contribution is 2.15. The second-order valence-electron chi connectivity index (χ2n) is 4.08. The van der Waals surface area contributed by atoms with Crippen molar-refractivity contribution >= 4 is 0 Å². The molecule has 0 amide bonds. The molecule has 1 unspecified atom stereocenters. The first-order valence-corrected chi connectivity index (χ1v) is 4.93. The third-order valence-corrected chi connectivity index (χ3v) is 2.52. The number of hydrogen-bond donors (Lipinski definition) is 3. The van der Waals surface area contributed by atoms with Gasteiger partial charge in [-0.1, -0.05) is 0 Å². The zero-order valence-electron chi connectivity index (χ0n) is 8.62. The smallest absolute Gasteiger partial charge is 0.267 e. The maximum absolute atomic E-state index is 12.3. The predicted molar refractivity (Wildman–Crippen MR) is 49.9 cm³/mol. The topological polar surface area (TPSA) is 61.7 Å². The lowest BCUT2D eigenvalue weighted by Crippen LogP contribution is -2.53. The number of hydrogen-bond acceptors (Lipinski definition) is 4. The molecule has 4 nitrogen and oxygen atoms in total. The quantitative estimate of drug-likeness (QED) is 0.617. The van der Waals surface area contributed by atoms with Gasteiger partial charge in [-0.15, -0.1) is 0 Å². The molecule has 0 spiro atoms. The van der Waals surface area contributed by atoms with E-state index in [4.69, 9.17) is 4.74 Å². The van der Waals surface area contributed by atoms with Crippen molar-refractivity contribution in [3.8, 4) is 0 Å². The minimum atomic E-state index is -2.80. The van der Waals surface area contributed by atoms with E-state index in [0.717, 1.165) is 6.92 Å². The first-order valence-electron chi connectivity index (χ1n) is 4.93. The zero-order chi connectivity index (χ0) is 11.5. The van der Waals surface area contributed by atoms with Gasteiger partial charge in [0.1, 0.15) is 5.60 Å². The number of halogens is 2. The van der Waals surface area contributed by atoms with Gasteiger partial charge in [-0.05, 0) is 13.3 Å². The molecule has 0 saturated carbocycles. The SMILES string of the molecule is CC(O)(CN[C@@H]1CCOC[C@H]1O)C(F)F. The first-order chi connectivity index (χ1) is 6.93. The van der Waals surface area contributed by atoms with Crippen LogP contribution in [0.3, 0.4) is 0 Å². The van der Waals surface area contributed by atoms with Crippen molar-refractivity contribution in [1.29, 1.82) is 0 Å². The average molecular weight is 225 g/mol. The van der Waals surface area contributed by atoms with Crippen LogP contribution in [0.1, 0.15) is 13.3 Å². The molecule has 0 aromatic heterocycles. The Hall–Kier alpha value is -0.300. The molecule has 0 aromatic carbocycles. The van der Waals surface area contributed by atoms with Crippen LogP contribution in [-0.2, 0) is 4.74 Å². The number of nitrogens with one attached hydrogen (secondary N) is 1. The van der Waals surface area contributed by atoms with Gasteiger partial charge in [-0.25, -0.2) is 8.78 Å². The van der Waals surface area contributed by atoms with E-state index in [1.165, 1.54) is 0 Å². The van der Waals surface area contributed by atoms with Gasteiger partial charge in [0.05, 0.1) is 12.7 Å². The highest BCUT2D eigenvalue weighted by molar-refractivity contribution is 4.85. The molecule has 0 aliphatic carbocycles. The van der Waals surface area contributed by atoms with Gasteiger partial charge in [0.15, 0.2) is 0 Å². The molecule has 90 valence electrons. The van der Waals surface area contributed by atoms with E-state index in [9.17, 15) is 19.0 Å². The van der Waals surface area contributed by atoms with Crippen LogP contribution < -0.4 is 5.32 Å². The largest absolute Gasteiger partial charge is 0.389 e. The first kappa shape index (κ1) is 12.8. The molecule has 1 rings (SSSR count). The summed E-state index contributed by atoms with van der Waals surface area (Å²) in [6, 6.07) is -0.288. The molecule has 1 heterocycles. The molecule has 1 aliphatic rings. The third kappa shape index (κ3) is 3.64. The standard InChI is InChI=1S/C9H17F2NO3/c1-9(14,8(10)11)5-12-6-2-3-15-4-7(6)13/h6-8,12-14H,2-5H2,1H3/t6-,7-,9?/m1/s1. The Labute approximate surface area is 87.2 Å². The van der Waals surface area contributed by atoms with Gasteiger partial charge >= 0.3 is 0 Å². The number of alkyl halides is 2. The predicted octanol–water partition coefficient (Wildman–Crippen LogP) is -0.258. The van der Waals surface area contributed by atoms with Crippen molar-refractivity contribution in [1.82, 2.24) is 5.32 Å². The van der Waals surface area contributed by atoms with Gasteiger partial charge in [0.25, 0.3) is 6.43 Å². The molecule has 0 radical (unpaired) electrons. The van der Waals surface area contributed by atoms with Crippen molar-refractivity contribution in [3.05, 3.63) is 0 Å². The molecule has 1 fully saturated rings. The van der Waals surface area contributed by atoms with Crippen LogP contribution in [0.15, 0.2) is 0 Å². The molecule has 0 bridgehead atoms. The summed E-state index contributed by atoms with van der Waals surface area (Å²) in [5.41, 5.74) is -2.06. The van der Waals surface area contributed by atoms with E-state index in [-0.39, 0.29) is 19.2 Å². The lowest BCUT2D eigenvalue weighted by atomic mass is 10.0. The maximum atomic E-state index is 12.3. The fraction of sp³-hybridized carbons (Fsp3) is 1.00. The van der Waals surface area contributed by atoms with Crippen molar-refractivity contribution < 1.29 is 23.7 Å². The Kier molecular flexibility index (Phi) is 4.39. The fourth-order valence-electron chi connectivity index (χ4n) is 1.38. The van der Waals surface area contributed by atoms with Crippen LogP contribution in [-0.4, -0.2) is 54.1 Å². The highest BCUT2D eigenvalue weighted by atomic mass is 19.3. The van der Waals surface area contributed by atoms with Crippen LogP contribution in [0.2, 0.25) is 0 Å². The lowest BCUT2D eigenvalue weighted by Gasteiger charge is -2.31. The van der Waals surface area contributed by atoms with Gasteiger partial charge < -0.3 is 20.3 Å². The van der Waals surface area contributed by atoms with Crippen LogP contribution in [0.25, 0.3) is 0 Å². The zero-order valence-corrected chi connectivity index (χ0v) is 8.62. The van der Waals surface area contributed by atoms with Crippen molar-refractivity contribution in [2.45, 2.75) is 37.5 Å². The van der Waals surface area contributed by atoms with Crippen LogP contribution in [0.4, 0.5) is 8.78 Å². The maximum Gasteiger partial charge on any atom is 0.267 e. The monoisotopic (exact) mass is 225 g/mol. The fourth-order valence-corrected chi connectivity index (χ4v) is 1.38. The Morgan fingerprint density at radius 1 is 1.60 bits per heavy atom. The second kappa shape index (κ2) is 5.16. The molecule has 3 atom stereocenters. The van der Waals surface area contributed by atoms with Gasteiger partial charge in [-0.3, -0.25) is 0 Å². The highest BCUT2D eigenvalue weighted by Gasteiger charge is 2.34. The average Bonchev–Trinajstić information content (AvgIpc) is 2.16. The van der Waals surface area contributed by atoms with Gasteiger partial charge in [0.2, 0.25) is 0 Å². The molecule has 0 aromatic rings. The summed E-state index contributed by atoms with van der Waals surface area (Å²) in [6.45, 7) is 1.52. The molecule has 3 N–H and O–H groups in total. The van der Waals surface area contributed by atoms with Crippen molar-refractivity contribution in [2.24, 2.45) is 0 Å². The summed E-state index contributed by atoms with van der Waals surface area (Å²) in [5, 5.41) is 21.5. The normalized spacial score (nSPS) is 31.6. The van der Waals surface area contributed by atoms with E-state index in [1.54, 1.807) is 0 Å². The van der Waals surface area contributed by atoms with Crippen molar-refractivity contribution in [2.75, 3.05) is 19.8 Å². The molecular formula is C9H17F2NO3. The van der Waals surface area contributed by atoms with E-state index in [2.05, 4.69) is 5.32 Å². The summed E-state index contributed by atoms with van der Waals surface area (Å²) in [5.74, 6) is 0. The number of ether oxygens (including phenoxy) is 1. The summed E-state index contributed by atoms with van der Waals surface area (Å²) in [4.78, 5) is 0. The Balaban J connectivity index is 2.35. The second-order valence-corrected chi connectivity index (χ2v) is 4.08. The van der Waals surface area contributed by atoms with Crippen molar-refractivity contribution in [3.63, 3.8) is 0 Å². The van der Waals surface area contributed by atoms with Crippen LogP contribution in [0.5, 0.6) is 0 Å². The molecule has 1 aliphatic heterocycles.